The fourth-order valence-electron chi connectivity index (χ4n) is 1.38. The summed E-state index contributed by atoms with van der Waals surface area (Å²) in [7, 11) is 0. The molecule has 0 saturated carbocycles. The monoisotopic (exact) mass is 255 g/mol. The van der Waals surface area contributed by atoms with Crippen molar-refractivity contribution in [2.24, 2.45) is 0 Å². The molecule has 94 valence electrons. The molecule has 1 rings (SSSR count). The van der Waals surface area contributed by atoms with E-state index in [-0.39, 0.29) is 5.91 Å². The summed E-state index contributed by atoms with van der Waals surface area (Å²) >= 11 is 5.91. The van der Waals surface area contributed by atoms with Gasteiger partial charge in [0.15, 0.2) is 0 Å². The van der Waals surface area contributed by atoms with Gasteiger partial charge in [-0.05, 0) is 37.1 Å². The molecule has 0 spiro atoms. The molecule has 1 amide bonds. The van der Waals surface area contributed by atoms with Crippen molar-refractivity contribution in [2.45, 2.75) is 26.7 Å². The van der Waals surface area contributed by atoms with E-state index in [0.717, 1.165) is 22.8 Å². The fourth-order valence-corrected chi connectivity index (χ4v) is 1.50. The second-order valence-corrected chi connectivity index (χ2v) is 4.27. The third kappa shape index (κ3) is 5.09. The van der Waals surface area contributed by atoms with Gasteiger partial charge in [-0.2, -0.15) is 0 Å². The summed E-state index contributed by atoms with van der Waals surface area (Å²) < 4.78 is 5.50. The number of halogens is 1. The van der Waals surface area contributed by atoms with Gasteiger partial charge in [0, 0.05) is 11.4 Å². The van der Waals surface area contributed by atoms with Crippen LogP contribution in [0.1, 0.15) is 25.3 Å². The Kier molecular flexibility index (Phi) is 5.84. The number of aryl methyl sites for hydroxylation is 1. The van der Waals surface area contributed by atoms with Crippen molar-refractivity contribution < 1.29 is 9.53 Å². The highest BCUT2D eigenvalue weighted by atomic mass is 35.5. The first-order chi connectivity index (χ1) is 8.13. The van der Waals surface area contributed by atoms with Gasteiger partial charge in [0.25, 0.3) is 0 Å². The van der Waals surface area contributed by atoms with Crippen LogP contribution in [0.3, 0.4) is 0 Å². The molecule has 0 aromatic heterocycles. The van der Waals surface area contributed by atoms with Crippen LogP contribution in [-0.4, -0.2) is 19.1 Å². The van der Waals surface area contributed by atoms with Crippen LogP contribution in [0.25, 0.3) is 0 Å². The number of carbonyl (C=O) groups is 1. The lowest BCUT2D eigenvalue weighted by atomic mass is 10.2. The number of amides is 1. The SMILES string of the molecule is CCCC(=O)NCCOc1ccc(Cl)c(C)c1. The van der Waals surface area contributed by atoms with E-state index in [4.69, 9.17) is 16.3 Å². The van der Waals surface area contributed by atoms with E-state index in [0.29, 0.717) is 19.6 Å². The molecule has 0 atom stereocenters. The van der Waals surface area contributed by atoms with E-state index in [1.165, 1.54) is 0 Å². The van der Waals surface area contributed by atoms with Crippen molar-refractivity contribution in [1.29, 1.82) is 0 Å². The van der Waals surface area contributed by atoms with Crippen molar-refractivity contribution >= 4 is 17.5 Å². The third-order valence-corrected chi connectivity index (χ3v) is 2.72. The number of carbonyl (C=O) groups excluding carboxylic acids is 1. The largest absolute Gasteiger partial charge is 0.492 e. The molecule has 4 heteroatoms. The maximum absolute atomic E-state index is 11.2. The fraction of sp³-hybridized carbons (Fsp3) is 0.462. The Morgan fingerprint density at radius 1 is 1.47 bits per heavy atom. The smallest absolute Gasteiger partial charge is 0.220 e. The molecule has 1 aromatic carbocycles. The van der Waals surface area contributed by atoms with Gasteiger partial charge in [0.05, 0.1) is 6.54 Å². The van der Waals surface area contributed by atoms with Gasteiger partial charge < -0.3 is 10.1 Å². The normalized spacial score (nSPS) is 10.1. The van der Waals surface area contributed by atoms with E-state index in [2.05, 4.69) is 5.32 Å². The summed E-state index contributed by atoms with van der Waals surface area (Å²) in [4.78, 5) is 11.2. The lowest BCUT2D eigenvalue weighted by Crippen LogP contribution is -2.27. The lowest BCUT2D eigenvalue weighted by molar-refractivity contribution is -0.121. The van der Waals surface area contributed by atoms with Crippen molar-refractivity contribution in [3.63, 3.8) is 0 Å². The highest BCUT2D eigenvalue weighted by Crippen LogP contribution is 2.20. The lowest BCUT2D eigenvalue weighted by Gasteiger charge is -2.08. The number of hydrogen-bond donors (Lipinski definition) is 1. The molecular formula is C13H18ClNO2. The molecule has 0 bridgehead atoms. The minimum atomic E-state index is 0.0726. The zero-order chi connectivity index (χ0) is 12.7. The van der Waals surface area contributed by atoms with Gasteiger partial charge in [0.2, 0.25) is 5.91 Å². The molecule has 3 nitrogen and oxygen atoms in total. The Balaban J connectivity index is 2.26. The molecule has 17 heavy (non-hydrogen) atoms. The van der Waals surface area contributed by atoms with Crippen molar-refractivity contribution in [3.8, 4) is 5.75 Å². The number of nitrogens with one attached hydrogen (secondary N) is 1. The Labute approximate surface area is 107 Å². The summed E-state index contributed by atoms with van der Waals surface area (Å²) in [5, 5.41) is 3.52. The van der Waals surface area contributed by atoms with Crippen LogP contribution in [-0.2, 0) is 4.79 Å². The summed E-state index contributed by atoms with van der Waals surface area (Å²) in [5.74, 6) is 0.847. The van der Waals surface area contributed by atoms with Crippen LogP contribution in [0.2, 0.25) is 5.02 Å². The van der Waals surface area contributed by atoms with Crippen molar-refractivity contribution in [2.75, 3.05) is 13.2 Å². The van der Waals surface area contributed by atoms with E-state index in [1.807, 2.05) is 32.0 Å². The summed E-state index contributed by atoms with van der Waals surface area (Å²) in [6, 6.07) is 5.52. The highest BCUT2D eigenvalue weighted by Gasteiger charge is 2.00. The Bertz CT molecular complexity index is 380. The molecule has 0 radical (unpaired) electrons. The Morgan fingerprint density at radius 2 is 2.24 bits per heavy atom. The molecule has 1 aromatic rings. The van der Waals surface area contributed by atoms with E-state index >= 15 is 0 Å². The first-order valence-electron chi connectivity index (χ1n) is 5.79. The maximum Gasteiger partial charge on any atom is 0.220 e. The van der Waals surface area contributed by atoms with Gasteiger partial charge in [-0.1, -0.05) is 18.5 Å². The molecule has 0 saturated heterocycles. The van der Waals surface area contributed by atoms with Gasteiger partial charge in [-0.15, -0.1) is 0 Å². The van der Waals surface area contributed by atoms with Gasteiger partial charge in [-0.3, -0.25) is 4.79 Å². The zero-order valence-corrected chi connectivity index (χ0v) is 11.0. The minimum Gasteiger partial charge on any atom is -0.492 e. The first kappa shape index (κ1) is 13.8. The van der Waals surface area contributed by atoms with Crippen LogP contribution in [0, 0.1) is 6.92 Å². The van der Waals surface area contributed by atoms with Gasteiger partial charge in [-0.25, -0.2) is 0 Å². The number of benzene rings is 1. The third-order valence-electron chi connectivity index (χ3n) is 2.30. The molecule has 0 aliphatic heterocycles. The predicted molar refractivity (Wildman–Crippen MR) is 69.6 cm³/mol. The topological polar surface area (TPSA) is 38.3 Å². The summed E-state index contributed by atoms with van der Waals surface area (Å²) in [5.41, 5.74) is 0.985. The number of rotatable bonds is 6. The van der Waals surface area contributed by atoms with Gasteiger partial charge >= 0.3 is 0 Å². The number of ether oxygens (including phenoxy) is 1. The van der Waals surface area contributed by atoms with Crippen molar-refractivity contribution in [3.05, 3.63) is 28.8 Å². The molecule has 0 unspecified atom stereocenters. The van der Waals surface area contributed by atoms with Crippen LogP contribution >= 0.6 is 11.6 Å². The number of hydrogen-bond acceptors (Lipinski definition) is 2. The minimum absolute atomic E-state index is 0.0726. The van der Waals surface area contributed by atoms with Crippen molar-refractivity contribution in [1.82, 2.24) is 5.32 Å². The molecule has 0 aliphatic rings. The van der Waals surface area contributed by atoms with E-state index in [1.54, 1.807) is 0 Å². The highest BCUT2D eigenvalue weighted by molar-refractivity contribution is 6.31. The summed E-state index contributed by atoms with van der Waals surface area (Å²) in [6.45, 7) is 4.90. The first-order valence-corrected chi connectivity index (χ1v) is 6.17. The Morgan fingerprint density at radius 3 is 2.88 bits per heavy atom. The average Bonchev–Trinajstić information content (AvgIpc) is 2.29. The zero-order valence-electron chi connectivity index (χ0n) is 10.3. The van der Waals surface area contributed by atoms with E-state index in [9.17, 15) is 4.79 Å². The maximum atomic E-state index is 11.2. The van der Waals surface area contributed by atoms with Crippen LogP contribution in [0.5, 0.6) is 5.75 Å². The second-order valence-electron chi connectivity index (χ2n) is 3.86. The van der Waals surface area contributed by atoms with Gasteiger partial charge in [0.1, 0.15) is 12.4 Å². The molecule has 0 fully saturated rings. The summed E-state index contributed by atoms with van der Waals surface area (Å²) in [6.07, 6.45) is 1.43. The van der Waals surface area contributed by atoms with Crippen LogP contribution in [0.4, 0.5) is 0 Å². The quantitative estimate of drug-likeness (QED) is 0.794. The van der Waals surface area contributed by atoms with Crippen LogP contribution < -0.4 is 10.1 Å². The molecule has 0 aliphatic carbocycles. The molecule has 1 N–H and O–H groups in total. The van der Waals surface area contributed by atoms with E-state index < -0.39 is 0 Å². The predicted octanol–water partition coefficient (Wildman–Crippen LogP) is 2.94. The average molecular weight is 256 g/mol. The second kappa shape index (κ2) is 7.17. The van der Waals surface area contributed by atoms with Crippen LogP contribution in [0.15, 0.2) is 18.2 Å². The standard InChI is InChI=1S/C13H18ClNO2/c1-3-4-13(16)15-7-8-17-11-5-6-12(14)10(2)9-11/h5-6,9H,3-4,7-8H2,1-2H3,(H,15,16). The Hall–Kier alpha value is -1.22. The molecular weight excluding hydrogens is 238 g/mol. The molecule has 0 heterocycles.